The number of hydrogen-bond donors (Lipinski definition) is 1. The van der Waals surface area contributed by atoms with Gasteiger partial charge in [0, 0.05) is 12.1 Å². The van der Waals surface area contributed by atoms with Crippen LogP contribution >= 0.6 is 0 Å². The zero-order valence-corrected chi connectivity index (χ0v) is 12.4. The van der Waals surface area contributed by atoms with E-state index < -0.39 is 0 Å². The molecule has 1 saturated heterocycles. The normalized spacial score (nSPS) is 19.3. The summed E-state index contributed by atoms with van der Waals surface area (Å²) < 4.78 is 5.29. The Balaban J connectivity index is 1.88. The summed E-state index contributed by atoms with van der Waals surface area (Å²) in [4.78, 5) is 2.52. The number of methoxy groups -OCH3 is 1. The lowest BCUT2D eigenvalue weighted by Crippen LogP contribution is -2.43. The molecular formula is C16H26N2O. The standard InChI is InChI=1S/C16H26N2O/c1-4-18-10-8-15(9-11-18)17-13(2)14-6-5-7-16(12-14)19-3/h5-7,12-13,15,17H,4,8-11H2,1-3H3/t13-/m0/s1. The molecule has 1 aliphatic heterocycles. The molecule has 0 aromatic heterocycles. The first-order valence-corrected chi connectivity index (χ1v) is 7.35. The number of benzene rings is 1. The van der Waals surface area contributed by atoms with Crippen LogP contribution in [0, 0.1) is 0 Å². The zero-order valence-electron chi connectivity index (χ0n) is 12.4. The topological polar surface area (TPSA) is 24.5 Å². The molecule has 1 heterocycles. The lowest BCUT2D eigenvalue weighted by Gasteiger charge is -2.33. The average Bonchev–Trinajstić information content (AvgIpc) is 2.48. The van der Waals surface area contributed by atoms with Crippen molar-refractivity contribution in [2.75, 3.05) is 26.7 Å². The predicted octanol–water partition coefficient (Wildman–Crippen LogP) is 2.83. The molecule has 19 heavy (non-hydrogen) atoms. The molecule has 1 fully saturated rings. The Labute approximate surface area is 116 Å². The summed E-state index contributed by atoms with van der Waals surface area (Å²) in [5.41, 5.74) is 1.30. The lowest BCUT2D eigenvalue weighted by atomic mass is 10.0. The molecule has 1 N–H and O–H groups in total. The lowest BCUT2D eigenvalue weighted by molar-refractivity contribution is 0.200. The van der Waals surface area contributed by atoms with Gasteiger partial charge in [0.15, 0.2) is 0 Å². The van der Waals surface area contributed by atoms with E-state index in [1.54, 1.807) is 7.11 Å². The van der Waals surface area contributed by atoms with Gasteiger partial charge < -0.3 is 15.0 Å². The van der Waals surface area contributed by atoms with Gasteiger partial charge in [0.2, 0.25) is 0 Å². The number of ether oxygens (including phenoxy) is 1. The van der Waals surface area contributed by atoms with Crippen LogP contribution < -0.4 is 10.1 Å². The summed E-state index contributed by atoms with van der Waals surface area (Å²) in [5.74, 6) is 0.937. The molecule has 0 bridgehead atoms. The fraction of sp³-hybridized carbons (Fsp3) is 0.625. The molecule has 1 atom stereocenters. The Kier molecular flexibility index (Phi) is 5.23. The second-order valence-electron chi connectivity index (χ2n) is 5.37. The van der Waals surface area contributed by atoms with Crippen molar-refractivity contribution in [3.63, 3.8) is 0 Å². The van der Waals surface area contributed by atoms with Gasteiger partial charge in [0.1, 0.15) is 5.75 Å². The van der Waals surface area contributed by atoms with Crippen LogP contribution in [-0.2, 0) is 0 Å². The highest BCUT2D eigenvalue weighted by atomic mass is 16.5. The van der Waals surface area contributed by atoms with Gasteiger partial charge in [-0.15, -0.1) is 0 Å². The fourth-order valence-electron chi connectivity index (χ4n) is 2.78. The second kappa shape index (κ2) is 6.92. The highest BCUT2D eigenvalue weighted by Crippen LogP contribution is 2.21. The van der Waals surface area contributed by atoms with Crippen molar-refractivity contribution in [1.82, 2.24) is 10.2 Å². The molecule has 2 rings (SSSR count). The van der Waals surface area contributed by atoms with Crippen LogP contribution in [0.4, 0.5) is 0 Å². The van der Waals surface area contributed by atoms with Gasteiger partial charge in [0.05, 0.1) is 7.11 Å². The van der Waals surface area contributed by atoms with Crippen molar-refractivity contribution in [2.24, 2.45) is 0 Å². The number of nitrogens with zero attached hydrogens (tertiary/aromatic N) is 1. The van der Waals surface area contributed by atoms with E-state index in [0.717, 1.165) is 5.75 Å². The van der Waals surface area contributed by atoms with Gasteiger partial charge in [-0.3, -0.25) is 0 Å². The van der Waals surface area contributed by atoms with Crippen LogP contribution in [0.1, 0.15) is 38.3 Å². The summed E-state index contributed by atoms with van der Waals surface area (Å²) in [5, 5.41) is 3.75. The van der Waals surface area contributed by atoms with Gasteiger partial charge in [0.25, 0.3) is 0 Å². The van der Waals surface area contributed by atoms with Gasteiger partial charge >= 0.3 is 0 Å². The molecule has 1 aromatic rings. The number of likely N-dealkylation sites (tertiary alicyclic amines) is 1. The molecule has 3 nitrogen and oxygen atoms in total. The van der Waals surface area contributed by atoms with E-state index in [-0.39, 0.29) is 0 Å². The molecule has 0 saturated carbocycles. The molecular weight excluding hydrogens is 236 g/mol. The zero-order chi connectivity index (χ0) is 13.7. The molecule has 0 aliphatic carbocycles. The third kappa shape index (κ3) is 3.95. The number of rotatable bonds is 5. The van der Waals surface area contributed by atoms with E-state index in [4.69, 9.17) is 4.74 Å². The minimum atomic E-state index is 0.383. The Morgan fingerprint density at radius 3 is 2.74 bits per heavy atom. The number of nitrogens with one attached hydrogen (secondary N) is 1. The minimum Gasteiger partial charge on any atom is -0.497 e. The molecule has 0 amide bonds. The van der Waals surface area contributed by atoms with Crippen molar-refractivity contribution in [1.29, 1.82) is 0 Å². The van der Waals surface area contributed by atoms with Crippen LogP contribution in [0.3, 0.4) is 0 Å². The van der Waals surface area contributed by atoms with E-state index >= 15 is 0 Å². The molecule has 1 aliphatic rings. The van der Waals surface area contributed by atoms with Crippen LogP contribution in [0.2, 0.25) is 0 Å². The van der Waals surface area contributed by atoms with Crippen molar-refractivity contribution in [2.45, 2.75) is 38.8 Å². The average molecular weight is 262 g/mol. The first kappa shape index (κ1) is 14.4. The quantitative estimate of drug-likeness (QED) is 0.883. The van der Waals surface area contributed by atoms with Crippen LogP contribution in [0.15, 0.2) is 24.3 Å². The highest BCUT2D eigenvalue weighted by Gasteiger charge is 2.19. The third-order valence-corrected chi connectivity index (χ3v) is 4.11. The van der Waals surface area contributed by atoms with E-state index in [0.29, 0.717) is 12.1 Å². The SMILES string of the molecule is CCN1CCC(N[C@@H](C)c2cccc(OC)c2)CC1. The Morgan fingerprint density at radius 1 is 1.37 bits per heavy atom. The third-order valence-electron chi connectivity index (χ3n) is 4.11. The van der Waals surface area contributed by atoms with Crippen molar-refractivity contribution in [3.05, 3.63) is 29.8 Å². The molecule has 3 heteroatoms. The largest absolute Gasteiger partial charge is 0.497 e. The number of piperidine rings is 1. The van der Waals surface area contributed by atoms with Crippen molar-refractivity contribution < 1.29 is 4.74 Å². The molecule has 106 valence electrons. The minimum absolute atomic E-state index is 0.383. The van der Waals surface area contributed by atoms with E-state index in [2.05, 4.69) is 42.3 Å². The second-order valence-corrected chi connectivity index (χ2v) is 5.37. The van der Waals surface area contributed by atoms with Gasteiger partial charge in [-0.2, -0.15) is 0 Å². The summed E-state index contributed by atoms with van der Waals surface area (Å²) in [7, 11) is 1.72. The maximum Gasteiger partial charge on any atom is 0.119 e. The summed E-state index contributed by atoms with van der Waals surface area (Å²) in [6.45, 7) is 8.10. The first-order chi connectivity index (χ1) is 9.22. The van der Waals surface area contributed by atoms with E-state index in [1.807, 2.05) is 6.07 Å². The summed E-state index contributed by atoms with van der Waals surface area (Å²) >= 11 is 0. The Bertz CT molecular complexity index is 386. The maximum atomic E-state index is 5.29. The maximum absolute atomic E-state index is 5.29. The van der Waals surface area contributed by atoms with Gasteiger partial charge in [-0.1, -0.05) is 19.1 Å². The predicted molar refractivity (Wildman–Crippen MR) is 79.7 cm³/mol. The molecule has 0 radical (unpaired) electrons. The van der Waals surface area contributed by atoms with Crippen molar-refractivity contribution in [3.8, 4) is 5.75 Å². The van der Waals surface area contributed by atoms with E-state index in [9.17, 15) is 0 Å². The molecule has 1 aromatic carbocycles. The smallest absolute Gasteiger partial charge is 0.119 e. The van der Waals surface area contributed by atoms with Gasteiger partial charge in [-0.05, 0) is 57.1 Å². The fourth-order valence-corrected chi connectivity index (χ4v) is 2.78. The van der Waals surface area contributed by atoms with Crippen LogP contribution in [0.5, 0.6) is 5.75 Å². The summed E-state index contributed by atoms with van der Waals surface area (Å²) in [6.07, 6.45) is 2.50. The molecule has 0 spiro atoms. The molecule has 0 unspecified atom stereocenters. The van der Waals surface area contributed by atoms with Crippen molar-refractivity contribution >= 4 is 0 Å². The monoisotopic (exact) mass is 262 g/mol. The van der Waals surface area contributed by atoms with Gasteiger partial charge in [-0.25, -0.2) is 0 Å². The van der Waals surface area contributed by atoms with Crippen LogP contribution in [0.25, 0.3) is 0 Å². The summed E-state index contributed by atoms with van der Waals surface area (Å²) in [6, 6.07) is 9.37. The number of hydrogen-bond acceptors (Lipinski definition) is 3. The van der Waals surface area contributed by atoms with Crippen LogP contribution in [-0.4, -0.2) is 37.7 Å². The Hall–Kier alpha value is -1.06. The van der Waals surface area contributed by atoms with E-state index in [1.165, 1.54) is 38.0 Å². The first-order valence-electron chi connectivity index (χ1n) is 7.35. The Morgan fingerprint density at radius 2 is 2.11 bits per heavy atom. The highest BCUT2D eigenvalue weighted by molar-refractivity contribution is 5.30.